The fourth-order valence-electron chi connectivity index (χ4n) is 3.42. The van der Waals surface area contributed by atoms with Gasteiger partial charge in [-0.3, -0.25) is 19.5 Å². The molecule has 2 amide bonds. The van der Waals surface area contributed by atoms with Crippen LogP contribution in [0.1, 0.15) is 30.3 Å². The maximum atomic E-state index is 13.8. The van der Waals surface area contributed by atoms with E-state index in [1.807, 2.05) is 6.92 Å². The minimum absolute atomic E-state index is 0.0758. The summed E-state index contributed by atoms with van der Waals surface area (Å²) in [6, 6.07) is 2.95. The van der Waals surface area contributed by atoms with Gasteiger partial charge in [0.2, 0.25) is 11.8 Å². The number of H-pyrrole nitrogens is 1. The molecule has 2 aromatic heterocycles. The molecule has 170 valence electrons. The van der Waals surface area contributed by atoms with Crippen LogP contribution in [0.2, 0.25) is 0 Å². The highest BCUT2D eigenvalue weighted by Crippen LogP contribution is 2.20. The smallest absolute Gasteiger partial charge is 0.266 e. The number of anilines is 1. The van der Waals surface area contributed by atoms with Gasteiger partial charge in [0.1, 0.15) is 0 Å². The molecule has 0 aliphatic rings. The summed E-state index contributed by atoms with van der Waals surface area (Å²) in [5.74, 6) is -5.72. The third-order valence-corrected chi connectivity index (χ3v) is 5.02. The molecular formula is C21H22F3N5O3. The Morgan fingerprint density at radius 1 is 1.19 bits per heavy atom. The van der Waals surface area contributed by atoms with Crippen LogP contribution in [0.15, 0.2) is 23.0 Å². The molecule has 0 fully saturated rings. The normalized spacial score (nSPS) is 11.1. The number of fused-ring (bicyclic) bond motifs is 1. The summed E-state index contributed by atoms with van der Waals surface area (Å²) in [6.07, 6.45) is 0.479. The quantitative estimate of drug-likeness (QED) is 0.542. The first-order chi connectivity index (χ1) is 15.1. The molecule has 0 atom stereocenters. The summed E-state index contributed by atoms with van der Waals surface area (Å²) < 4.78 is 41.8. The van der Waals surface area contributed by atoms with E-state index >= 15 is 0 Å². The van der Waals surface area contributed by atoms with E-state index in [1.165, 1.54) is 15.5 Å². The molecule has 8 nitrogen and oxygen atoms in total. The lowest BCUT2D eigenvalue weighted by atomic mass is 10.1. The number of hydrogen-bond acceptors (Lipinski definition) is 4. The largest absolute Gasteiger partial charge is 0.333 e. The SMILES string of the molecule is CCCN(CC(=O)Nc1ccc(F)c(F)c1F)C(=O)Cc1c(C)nc2cc(=O)[nH]n2c1C. The molecule has 0 aliphatic carbocycles. The van der Waals surface area contributed by atoms with Gasteiger partial charge >= 0.3 is 0 Å². The Labute approximate surface area is 181 Å². The summed E-state index contributed by atoms with van der Waals surface area (Å²) in [6.45, 7) is 5.13. The van der Waals surface area contributed by atoms with E-state index < -0.39 is 35.6 Å². The van der Waals surface area contributed by atoms with Crippen molar-refractivity contribution in [2.24, 2.45) is 0 Å². The first-order valence-corrected chi connectivity index (χ1v) is 9.91. The number of halogens is 3. The molecule has 3 aromatic rings. The average Bonchev–Trinajstić information content (AvgIpc) is 3.11. The Morgan fingerprint density at radius 3 is 2.59 bits per heavy atom. The predicted octanol–water partition coefficient (Wildman–Crippen LogP) is 2.48. The maximum Gasteiger partial charge on any atom is 0.266 e. The van der Waals surface area contributed by atoms with Crippen molar-refractivity contribution in [3.63, 3.8) is 0 Å². The highest BCUT2D eigenvalue weighted by atomic mass is 19.2. The van der Waals surface area contributed by atoms with E-state index in [0.29, 0.717) is 35.1 Å². The van der Waals surface area contributed by atoms with Crippen molar-refractivity contribution in [3.05, 3.63) is 63.0 Å². The van der Waals surface area contributed by atoms with Crippen molar-refractivity contribution in [2.45, 2.75) is 33.6 Å². The van der Waals surface area contributed by atoms with Crippen LogP contribution in [0.4, 0.5) is 18.9 Å². The fourth-order valence-corrected chi connectivity index (χ4v) is 3.42. The second-order valence-corrected chi connectivity index (χ2v) is 7.34. The Morgan fingerprint density at radius 2 is 1.91 bits per heavy atom. The molecule has 0 aliphatic heterocycles. The number of aromatic amines is 1. The topological polar surface area (TPSA) is 99.6 Å². The average molecular weight is 449 g/mol. The third kappa shape index (κ3) is 4.66. The van der Waals surface area contributed by atoms with Gasteiger partial charge in [-0.25, -0.2) is 22.7 Å². The Bertz CT molecular complexity index is 1250. The lowest BCUT2D eigenvalue weighted by molar-refractivity contribution is -0.134. The zero-order valence-corrected chi connectivity index (χ0v) is 17.8. The number of aromatic nitrogens is 3. The molecule has 2 N–H and O–H groups in total. The Kier molecular flexibility index (Phi) is 6.66. The van der Waals surface area contributed by atoms with Crippen LogP contribution in [0.5, 0.6) is 0 Å². The van der Waals surface area contributed by atoms with Gasteiger partial charge in [0.05, 0.1) is 18.7 Å². The summed E-state index contributed by atoms with van der Waals surface area (Å²) in [4.78, 5) is 42.6. The summed E-state index contributed by atoms with van der Waals surface area (Å²) in [5.41, 5.74) is 1.39. The van der Waals surface area contributed by atoms with E-state index in [2.05, 4.69) is 15.4 Å². The number of amides is 2. The zero-order chi connectivity index (χ0) is 23.6. The van der Waals surface area contributed by atoms with Gasteiger partial charge in [0.25, 0.3) is 5.56 Å². The number of nitrogens with one attached hydrogen (secondary N) is 2. The van der Waals surface area contributed by atoms with Gasteiger partial charge < -0.3 is 10.2 Å². The second-order valence-electron chi connectivity index (χ2n) is 7.34. The standard InChI is InChI=1S/C21H22F3N5O3/c1-4-7-28(10-18(31)26-15-6-5-14(22)20(23)21(15)24)19(32)8-13-11(2)25-16-9-17(30)27-29(16)12(13)3/h5-6,9H,4,7-8,10H2,1-3H3,(H,26,31)(H,27,30). The molecule has 0 spiro atoms. The molecule has 0 bridgehead atoms. The second kappa shape index (κ2) is 9.25. The Hall–Kier alpha value is -3.63. The van der Waals surface area contributed by atoms with Crippen LogP contribution in [-0.4, -0.2) is 44.4 Å². The first-order valence-electron chi connectivity index (χ1n) is 9.91. The summed E-state index contributed by atoms with van der Waals surface area (Å²) >= 11 is 0. The number of benzene rings is 1. The minimum Gasteiger partial charge on any atom is -0.333 e. The molecule has 2 heterocycles. The minimum atomic E-state index is -1.69. The van der Waals surface area contributed by atoms with Crippen LogP contribution in [0, 0.1) is 31.3 Å². The molecule has 1 aromatic carbocycles. The zero-order valence-electron chi connectivity index (χ0n) is 17.8. The van der Waals surface area contributed by atoms with Crippen molar-refractivity contribution < 1.29 is 22.8 Å². The first kappa shape index (κ1) is 23.0. The number of carbonyl (C=O) groups is 2. The lowest BCUT2D eigenvalue weighted by Crippen LogP contribution is -2.39. The number of aryl methyl sites for hydroxylation is 2. The monoisotopic (exact) mass is 449 g/mol. The number of rotatable bonds is 7. The Balaban J connectivity index is 1.78. The summed E-state index contributed by atoms with van der Waals surface area (Å²) in [5, 5.41) is 4.78. The van der Waals surface area contributed by atoms with Crippen molar-refractivity contribution in [1.29, 1.82) is 0 Å². The highest BCUT2D eigenvalue weighted by molar-refractivity contribution is 5.95. The van der Waals surface area contributed by atoms with Crippen molar-refractivity contribution in [3.8, 4) is 0 Å². The van der Waals surface area contributed by atoms with E-state index in [1.54, 1.807) is 13.8 Å². The van der Waals surface area contributed by atoms with E-state index in [9.17, 15) is 27.6 Å². The molecule has 32 heavy (non-hydrogen) atoms. The molecule has 0 radical (unpaired) electrons. The van der Waals surface area contributed by atoms with Gasteiger partial charge in [0.15, 0.2) is 23.1 Å². The molecule has 0 saturated carbocycles. The van der Waals surface area contributed by atoms with Crippen LogP contribution in [0.3, 0.4) is 0 Å². The van der Waals surface area contributed by atoms with Crippen LogP contribution in [0.25, 0.3) is 5.65 Å². The van der Waals surface area contributed by atoms with Crippen molar-refractivity contribution >= 4 is 23.1 Å². The summed E-state index contributed by atoms with van der Waals surface area (Å²) in [7, 11) is 0. The van der Waals surface area contributed by atoms with Crippen LogP contribution < -0.4 is 10.9 Å². The number of hydrogen-bond donors (Lipinski definition) is 2. The molecule has 0 saturated heterocycles. The van der Waals surface area contributed by atoms with Gasteiger partial charge in [-0.15, -0.1) is 0 Å². The third-order valence-electron chi connectivity index (χ3n) is 5.02. The van der Waals surface area contributed by atoms with Gasteiger partial charge in [-0.1, -0.05) is 6.92 Å². The molecular weight excluding hydrogens is 427 g/mol. The highest BCUT2D eigenvalue weighted by Gasteiger charge is 2.22. The fraction of sp³-hybridized carbons (Fsp3) is 0.333. The van der Waals surface area contributed by atoms with Crippen LogP contribution in [-0.2, 0) is 16.0 Å². The lowest BCUT2D eigenvalue weighted by Gasteiger charge is -2.22. The van der Waals surface area contributed by atoms with Crippen molar-refractivity contribution in [2.75, 3.05) is 18.4 Å². The van der Waals surface area contributed by atoms with Gasteiger partial charge in [-0.05, 0) is 32.4 Å². The maximum absolute atomic E-state index is 13.8. The van der Waals surface area contributed by atoms with Crippen LogP contribution >= 0.6 is 0 Å². The predicted molar refractivity (Wildman–Crippen MR) is 111 cm³/mol. The molecule has 0 unspecified atom stereocenters. The molecule has 11 heteroatoms. The van der Waals surface area contributed by atoms with E-state index in [-0.39, 0.29) is 24.4 Å². The number of nitrogens with zero attached hydrogens (tertiary/aromatic N) is 3. The van der Waals surface area contributed by atoms with Gasteiger partial charge in [-0.2, -0.15) is 0 Å². The van der Waals surface area contributed by atoms with E-state index in [4.69, 9.17) is 0 Å². The number of carbonyl (C=O) groups excluding carboxylic acids is 2. The van der Waals surface area contributed by atoms with E-state index in [0.717, 1.165) is 6.07 Å². The van der Waals surface area contributed by atoms with Crippen molar-refractivity contribution in [1.82, 2.24) is 19.5 Å². The molecule has 3 rings (SSSR count). The van der Waals surface area contributed by atoms with Gasteiger partial charge in [0, 0.05) is 29.6 Å².